The van der Waals surface area contributed by atoms with E-state index in [1.54, 1.807) is 11.8 Å². The average molecular weight is 265 g/mol. The van der Waals surface area contributed by atoms with Gasteiger partial charge in [0.25, 0.3) is 0 Å². The van der Waals surface area contributed by atoms with Crippen LogP contribution in [0, 0.1) is 5.41 Å². The van der Waals surface area contributed by atoms with Crippen LogP contribution >= 0.6 is 11.8 Å². The Hall–Kier alpha value is -1.16. The molecule has 0 bridgehead atoms. The number of rotatable bonds is 6. The number of hydrogen-bond acceptors (Lipinski definition) is 3. The molecule has 0 aliphatic rings. The minimum Gasteiger partial charge on any atom is -0.384 e. The number of amidine groups is 1. The lowest BCUT2D eigenvalue weighted by Gasteiger charge is -2.31. The topological polar surface area (TPSA) is 53.1 Å². The summed E-state index contributed by atoms with van der Waals surface area (Å²) in [7, 11) is 0. The number of thioether (sulfide) groups is 1. The van der Waals surface area contributed by atoms with E-state index in [1.807, 2.05) is 18.4 Å². The third-order valence-electron chi connectivity index (χ3n) is 3.27. The van der Waals surface area contributed by atoms with Gasteiger partial charge in [0.1, 0.15) is 5.84 Å². The van der Waals surface area contributed by atoms with Gasteiger partial charge in [0.2, 0.25) is 0 Å². The van der Waals surface area contributed by atoms with Crippen LogP contribution in [-0.2, 0) is 0 Å². The van der Waals surface area contributed by atoms with E-state index in [0.717, 1.165) is 29.1 Å². The van der Waals surface area contributed by atoms with Crippen molar-refractivity contribution in [1.29, 1.82) is 5.41 Å². The summed E-state index contributed by atoms with van der Waals surface area (Å²) in [4.78, 5) is 3.39. The minimum absolute atomic E-state index is 0.150. The molecule has 1 atom stereocenters. The van der Waals surface area contributed by atoms with Crippen molar-refractivity contribution in [3.63, 3.8) is 0 Å². The van der Waals surface area contributed by atoms with Crippen LogP contribution in [0.15, 0.2) is 23.1 Å². The van der Waals surface area contributed by atoms with E-state index in [0.29, 0.717) is 6.04 Å². The quantitative estimate of drug-likeness (QED) is 0.471. The van der Waals surface area contributed by atoms with Crippen molar-refractivity contribution in [3.05, 3.63) is 23.8 Å². The van der Waals surface area contributed by atoms with Gasteiger partial charge in [-0.3, -0.25) is 5.41 Å². The molecule has 0 aromatic heterocycles. The molecular weight excluding hydrogens is 242 g/mol. The second kappa shape index (κ2) is 6.69. The number of nitrogens with two attached hydrogens (primary N) is 1. The normalized spacial score (nSPS) is 12.2. The molecule has 100 valence electrons. The second-order valence-electron chi connectivity index (χ2n) is 4.31. The molecule has 0 saturated carbocycles. The van der Waals surface area contributed by atoms with Crippen LogP contribution < -0.4 is 10.6 Å². The summed E-state index contributed by atoms with van der Waals surface area (Å²) in [5.74, 6) is 0.150. The van der Waals surface area contributed by atoms with Gasteiger partial charge in [0.05, 0.1) is 5.56 Å². The van der Waals surface area contributed by atoms with Crippen LogP contribution in [0.1, 0.15) is 32.8 Å². The van der Waals surface area contributed by atoms with E-state index < -0.39 is 0 Å². The largest absolute Gasteiger partial charge is 0.384 e. The molecule has 3 nitrogen and oxygen atoms in total. The first-order valence-electron chi connectivity index (χ1n) is 6.34. The van der Waals surface area contributed by atoms with E-state index >= 15 is 0 Å². The molecule has 1 rings (SSSR count). The first-order valence-corrected chi connectivity index (χ1v) is 7.57. The fraction of sp³-hybridized carbons (Fsp3) is 0.500. The van der Waals surface area contributed by atoms with Gasteiger partial charge >= 0.3 is 0 Å². The SMILES string of the molecule is CCC(C)N(CC)c1cccc(SC)c1C(=N)N. The van der Waals surface area contributed by atoms with Crippen LogP contribution in [0.4, 0.5) is 5.69 Å². The van der Waals surface area contributed by atoms with Gasteiger partial charge in [0.15, 0.2) is 0 Å². The number of hydrogen-bond donors (Lipinski definition) is 2. The van der Waals surface area contributed by atoms with E-state index in [4.69, 9.17) is 11.1 Å². The molecule has 1 aromatic rings. The highest BCUT2D eigenvalue weighted by atomic mass is 32.2. The Morgan fingerprint density at radius 3 is 2.56 bits per heavy atom. The first kappa shape index (κ1) is 14.9. The molecule has 0 saturated heterocycles. The molecule has 4 heteroatoms. The zero-order chi connectivity index (χ0) is 13.7. The van der Waals surface area contributed by atoms with Crippen molar-refractivity contribution in [1.82, 2.24) is 0 Å². The van der Waals surface area contributed by atoms with Crippen molar-refractivity contribution in [3.8, 4) is 0 Å². The summed E-state index contributed by atoms with van der Waals surface area (Å²) in [5.41, 5.74) is 7.71. The van der Waals surface area contributed by atoms with Gasteiger partial charge in [-0.05, 0) is 38.7 Å². The molecule has 1 unspecified atom stereocenters. The van der Waals surface area contributed by atoms with Crippen LogP contribution in [0.2, 0.25) is 0 Å². The van der Waals surface area contributed by atoms with E-state index in [1.165, 1.54) is 0 Å². The molecule has 0 spiro atoms. The molecule has 18 heavy (non-hydrogen) atoms. The predicted molar refractivity (Wildman–Crippen MR) is 82.0 cm³/mol. The lowest BCUT2D eigenvalue weighted by Crippen LogP contribution is -2.34. The number of nitrogen functional groups attached to an aromatic ring is 1. The van der Waals surface area contributed by atoms with Gasteiger partial charge in [-0.15, -0.1) is 11.8 Å². The average Bonchev–Trinajstić information content (AvgIpc) is 2.38. The molecule has 3 N–H and O–H groups in total. The number of nitrogens with zero attached hydrogens (tertiary/aromatic N) is 1. The summed E-state index contributed by atoms with van der Waals surface area (Å²) in [6.45, 7) is 7.45. The number of benzene rings is 1. The van der Waals surface area contributed by atoms with Gasteiger partial charge in [-0.2, -0.15) is 0 Å². The van der Waals surface area contributed by atoms with Crippen LogP contribution in [0.5, 0.6) is 0 Å². The molecule has 0 aliphatic heterocycles. The smallest absolute Gasteiger partial charge is 0.126 e. The molecule has 0 fully saturated rings. The maximum absolute atomic E-state index is 7.82. The molecule has 1 aromatic carbocycles. The Kier molecular flexibility index (Phi) is 5.54. The molecular formula is C14H23N3S. The Balaban J connectivity index is 3.33. The summed E-state index contributed by atoms with van der Waals surface area (Å²) in [5, 5.41) is 7.82. The van der Waals surface area contributed by atoms with Crippen LogP contribution in [0.25, 0.3) is 0 Å². The zero-order valence-corrected chi connectivity index (χ0v) is 12.5. The Morgan fingerprint density at radius 2 is 2.11 bits per heavy atom. The maximum Gasteiger partial charge on any atom is 0.126 e. The lowest BCUT2D eigenvalue weighted by molar-refractivity contribution is 0.629. The highest BCUT2D eigenvalue weighted by Crippen LogP contribution is 2.30. The summed E-state index contributed by atoms with van der Waals surface area (Å²) in [6, 6.07) is 6.57. The van der Waals surface area contributed by atoms with Crippen molar-refractivity contribution >= 4 is 23.3 Å². The highest BCUT2D eigenvalue weighted by Gasteiger charge is 2.18. The van der Waals surface area contributed by atoms with Crippen molar-refractivity contribution in [2.75, 3.05) is 17.7 Å². The monoisotopic (exact) mass is 265 g/mol. The number of nitrogens with one attached hydrogen (secondary N) is 1. The minimum atomic E-state index is 0.150. The second-order valence-corrected chi connectivity index (χ2v) is 5.16. The summed E-state index contributed by atoms with van der Waals surface area (Å²) in [6.07, 6.45) is 3.10. The van der Waals surface area contributed by atoms with Gasteiger partial charge in [0, 0.05) is 23.2 Å². The van der Waals surface area contributed by atoms with Crippen molar-refractivity contribution < 1.29 is 0 Å². The van der Waals surface area contributed by atoms with Crippen molar-refractivity contribution in [2.45, 2.75) is 38.1 Å². The molecule has 0 radical (unpaired) electrons. The lowest BCUT2D eigenvalue weighted by atomic mass is 10.1. The Bertz CT molecular complexity index is 418. The first-order chi connectivity index (χ1) is 8.56. The fourth-order valence-corrected chi connectivity index (χ4v) is 2.77. The molecule has 0 heterocycles. The Labute approximate surface area is 114 Å². The molecule has 0 amide bonds. The van der Waals surface area contributed by atoms with Gasteiger partial charge < -0.3 is 10.6 Å². The number of anilines is 1. The fourth-order valence-electron chi connectivity index (χ4n) is 2.14. The Morgan fingerprint density at radius 1 is 1.44 bits per heavy atom. The summed E-state index contributed by atoms with van der Waals surface area (Å²) >= 11 is 1.64. The van der Waals surface area contributed by atoms with E-state index in [-0.39, 0.29) is 5.84 Å². The van der Waals surface area contributed by atoms with Gasteiger partial charge in [-0.1, -0.05) is 13.0 Å². The standard InChI is InChI=1S/C14H23N3S/c1-5-10(3)17(6-2)11-8-7-9-12(18-4)13(11)14(15)16/h7-10H,5-6H2,1-4H3,(H3,15,16). The van der Waals surface area contributed by atoms with Crippen LogP contribution in [0.3, 0.4) is 0 Å². The summed E-state index contributed by atoms with van der Waals surface area (Å²) < 4.78 is 0. The third kappa shape index (κ3) is 2.99. The predicted octanol–water partition coefficient (Wildman–Crippen LogP) is 3.32. The van der Waals surface area contributed by atoms with E-state index in [2.05, 4.69) is 31.7 Å². The van der Waals surface area contributed by atoms with Crippen LogP contribution in [-0.4, -0.2) is 24.7 Å². The molecule has 0 aliphatic carbocycles. The third-order valence-corrected chi connectivity index (χ3v) is 4.05. The van der Waals surface area contributed by atoms with Gasteiger partial charge in [-0.25, -0.2) is 0 Å². The van der Waals surface area contributed by atoms with E-state index in [9.17, 15) is 0 Å². The maximum atomic E-state index is 7.82. The zero-order valence-electron chi connectivity index (χ0n) is 11.7. The van der Waals surface area contributed by atoms with Crippen molar-refractivity contribution in [2.24, 2.45) is 5.73 Å². The highest BCUT2D eigenvalue weighted by molar-refractivity contribution is 7.98.